The molecule has 0 unspecified atom stereocenters. The van der Waals surface area contributed by atoms with Gasteiger partial charge in [0.1, 0.15) is 5.75 Å². The lowest BCUT2D eigenvalue weighted by Gasteiger charge is -2.09. The molecular formula is C24H22N6O3. The number of nitrogens with one attached hydrogen (secondary N) is 2. The van der Waals surface area contributed by atoms with Crippen LogP contribution in [0, 0.1) is 6.92 Å². The van der Waals surface area contributed by atoms with E-state index in [0.717, 1.165) is 16.7 Å². The molecule has 0 aliphatic rings. The number of hydrazine groups is 1. The van der Waals surface area contributed by atoms with Crippen molar-refractivity contribution in [2.24, 2.45) is 0 Å². The van der Waals surface area contributed by atoms with E-state index < -0.39 is 11.8 Å². The standard InChI is InChI=1S/C24H22N6O3/c1-17-6-5-9-21(14-17)33-16-22(31)25-27-24(32)20-12-10-18(11-13-20)15-30-28-23(26-29-30)19-7-3-2-4-8-19/h2-14H,15-16H2,1H3,(H,25,31)(H,27,32). The Morgan fingerprint density at radius 1 is 0.939 bits per heavy atom. The molecule has 2 N–H and O–H groups in total. The summed E-state index contributed by atoms with van der Waals surface area (Å²) in [6.07, 6.45) is 0. The predicted octanol–water partition coefficient (Wildman–Crippen LogP) is 2.54. The minimum atomic E-state index is -0.465. The highest BCUT2D eigenvalue weighted by Crippen LogP contribution is 2.13. The number of ether oxygens (including phenoxy) is 1. The van der Waals surface area contributed by atoms with Crippen LogP contribution in [-0.4, -0.2) is 38.6 Å². The van der Waals surface area contributed by atoms with Gasteiger partial charge in [0, 0.05) is 11.1 Å². The lowest BCUT2D eigenvalue weighted by atomic mass is 10.1. The summed E-state index contributed by atoms with van der Waals surface area (Å²) in [5.74, 6) is 0.238. The summed E-state index contributed by atoms with van der Waals surface area (Å²) >= 11 is 0. The fourth-order valence-corrected chi connectivity index (χ4v) is 3.03. The van der Waals surface area contributed by atoms with Crippen molar-refractivity contribution in [1.82, 2.24) is 31.1 Å². The van der Waals surface area contributed by atoms with E-state index in [1.54, 1.807) is 30.3 Å². The molecule has 0 saturated heterocycles. The van der Waals surface area contributed by atoms with Gasteiger partial charge in [-0.1, -0.05) is 54.6 Å². The Morgan fingerprint density at radius 2 is 1.73 bits per heavy atom. The average Bonchev–Trinajstić information content (AvgIpc) is 3.31. The molecule has 4 aromatic rings. The Morgan fingerprint density at radius 3 is 2.48 bits per heavy atom. The molecule has 2 amide bonds. The van der Waals surface area contributed by atoms with Crippen LogP contribution in [0.4, 0.5) is 0 Å². The van der Waals surface area contributed by atoms with E-state index >= 15 is 0 Å². The quantitative estimate of drug-likeness (QED) is 0.426. The van der Waals surface area contributed by atoms with Crippen molar-refractivity contribution in [1.29, 1.82) is 0 Å². The van der Waals surface area contributed by atoms with Crippen molar-refractivity contribution in [3.05, 3.63) is 95.6 Å². The smallest absolute Gasteiger partial charge is 0.276 e. The molecule has 1 heterocycles. The monoisotopic (exact) mass is 442 g/mol. The zero-order chi connectivity index (χ0) is 23.0. The van der Waals surface area contributed by atoms with Crippen LogP contribution < -0.4 is 15.6 Å². The Balaban J connectivity index is 1.26. The molecule has 0 saturated carbocycles. The number of carbonyl (C=O) groups is 2. The zero-order valence-electron chi connectivity index (χ0n) is 17.9. The summed E-state index contributed by atoms with van der Waals surface area (Å²) in [6.45, 7) is 2.14. The highest BCUT2D eigenvalue weighted by Gasteiger charge is 2.10. The van der Waals surface area contributed by atoms with E-state index in [4.69, 9.17) is 4.74 Å². The maximum atomic E-state index is 12.3. The van der Waals surface area contributed by atoms with Gasteiger partial charge in [-0.2, -0.15) is 4.80 Å². The van der Waals surface area contributed by atoms with Crippen LogP contribution in [0.2, 0.25) is 0 Å². The van der Waals surface area contributed by atoms with E-state index in [-0.39, 0.29) is 6.61 Å². The highest BCUT2D eigenvalue weighted by atomic mass is 16.5. The van der Waals surface area contributed by atoms with Crippen molar-refractivity contribution in [2.45, 2.75) is 13.5 Å². The highest BCUT2D eigenvalue weighted by molar-refractivity contribution is 5.95. The van der Waals surface area contributed by atoms with Crippen molar-refractivity contribution in [3.8, 4) is 17.1 Å². The minimum absolute atomic E-state index is 0.210. The number of amides is 2. The molecule has 0 aliphatic carbocycles. The minimum Gasteiger partial charge on any atom is -0.484 e. The number of nitrogens with zero attached hydrogens (tertiary/aromatic N) is 4. The predicted molar refractivity (Wildman–Crippen MR) is 121 cm³/mol. The van der Waals surface area contributed by atoms with E-state index in [1.165, 1.54) is 4.80 Å². The van der Waals surface area contributed by atoms with E-state index in [0.29, 0.717) is 23.7 Å². The molecule has 0 fully saturated rings. The summed E-state index contributed by atoms with van der Waals surface area (Å²) in [7, 11) is 0. The van der Waals surface area contributed by atoms with Crippen LogP contribution >= 0.6 is 0 Å². The fourth-order valence-electron chi connectivity index (χ4n) is 3.03. The van der Waals surface area contributed by atoms with Crippen molar-refractivity contribution in [3.63, 3.8) is 0 Å². The Kier molecular flexibility index (Phi) is 6.70. The molecule has 9 heteroatoms. The van der Waals surface area contributed by atoms with Crippen molar-refractivity contribution < 1.29 is 14.3 Å². The molecule has 0 bridgehead atoms. The molecule has 0 aliphatic heterocycles. The van der Waals surface area contributed by atoms with Gasteiger partial charge in [0.2, 0.25) is 5.82 Å². The van der Waals surface area contributed by atoms with Gasteiger partial charge in [-0.3, -0.25) is 20.4 Å². The van der Waals surface area contributed by atoms with Gasteiger partial charge < -0.3 is 4.74 Å². The van der Waals surface area contributed by atoms with Gasteiger partial charge in [0.25, 0.3) is 11.8 Å². The maximum Gasteiger partial charge on any atom is 0.276 e. The Bertz CT molecular complexity index is 1240. The second kappa shape index (κ2) is 10.2. The second-order valence-electron chi connectivity index (χ2n) is 7.31. The SMILES string of the molecule is Cc1cccc(OCC(=O)NNC(=O)c2ccc(Cn3nnc(-c4ccccc4)n3)cc2)c1. The largest absolute Gasteiger partial charge is 0.484 e. The average molecular weight is 442 g/mol. The van der Waals surface area contributed by atoms with Crippen molar-refractivity contribution in [2.75, 3.05) is 6.61 Å². The first-order valence-corrected chi connectivity index (χ1v) is 10.3. The van der Waals surface area contributed by atoms with Gasteiger partial charge in [-0.25, -0.2) is 0 Å². The zero-order valence-corrected chi connectivity index (χ0v) is 17.9. The number of aromatic nitrogens is 4. The molecule has 0 spiro atoms. The molecule has 1 aromatic heterocycles. The van der Waals surface area contributed by atoms with E-state index in [9.17, 15) is 9.59 Å². The molecular weight excluding hydrogens is 420 g/mol. The summed E-state index contributed by atoms with van der Waals surface area (Å²) < 4.78 is 5.41. The molecule has 9 nitrogen and oxygen atoms in total. The summed E-state index contributed by atoms with van der Waals surface area (Å²) in [5, 5.41) is 12.5. The lowest BCUT2D eigenvalue weighted by molar-refractivity contribution is -0.123. The molecule has 33 heavy (non-hydrogen) atoms. The van der Waals surface area contributed by atoms with Crippen molar-refractivity contribution >= 4 is 11.8 Å². The lowest BCUT2D eigenvalue weighted by Crippen LogP contribution is -2.43. The third kappa shape index (κ3) is 6.01. The summed E-state index contributed by atoms with van der Waals surface area (Å²) in [4.78, 5) is 25.7. The number of benzene rings is 3. The Labute approximate surface area is 190 Å². The third-order valence-corrected chi connectivity index (χ3v) is 4.70. The van der Waals surface area contributed by atoms with E-state index in [2.05, 4.69) is 26.3 Å². The van der Waals surface area contributed by atoms with Crippen LogP contribution in [0.5, 0.6) is 5.75 Å². The molecule has 166 valence electrons. The maximum absolute atomic E-state index is 12.3. The van der Waals surface area contributed by atoms with Gasteiger partial charge in [0.05, 0.1) is 6.54 Å². The topological polar surface area (TPSA) is 111 Å². The van der Waals surface area contributed by atoms with Crippen LogP contribution in [0.1, 0.15) is 21.5 Å². The number of tetrazole rings is 1. The van der Waals surface area contributed by atoms with Gasteiger partial charge in [-0.15, -0.1) is 10.2 Å². The van der Waals surface area contributed by atoms with Gasteiger partial charge >= 0.3 is 0 Å². The summed E-state index contributed by atoms with van der Waals surface area (Å²) in [6, 6.07) is 23.9. The number of hydrogen-bond donors (Lipinski definition) is 2. The first-order valence-electron chi connectivity index (χ1n) is 10.3. The summed E-state index contributed by atoms with van der Waals surface area (Å²) in [5.41, 5.74) is 7.94. The molecule has 3 aromatic carbocycles. The number of hydrogen-bond acceptors (Lipinski definition) is 6. The van der Waals surface area contributed by atoms with Gasteiger partial charge in [-0.05, 0) is 47.5 Å². The molecule has 0 radical (unpaired) electrons. The van der Waals surface area contributed by atoms with Crippen LogP contribution in [0.25, 0.3) is 11.4 Å². The van der Waals surface area contributed by atoms with E-state index in [1.807, 2.05) is 55.5 Å². The third-order valence-electron chi connectivity index (χ3n) is 4.70. The Hall–Kier alpha value is -4.53. The molecule has 0 atom stereocenters. The van der Waals surface area contributed by atoms with Crippen LogP contribution in [0.15, 0.2) is 78.9 Å². The normalized spacial score (nSPS) is 10.5. The van der Waals surface area contributed by atoms with Crippen LogP contribution in [0.3, 0.4) is 0 Å². The first kappa shape index (κ1) is 21.7. The second-order valence-corrected chi connectivity index (χ2v) is 7.31. The number of carbonyl (C=O) groups excluding carboxylic acids is 2. The van der Waals surface area contributed by atoms with Gasteiger partial charge in [0.15, 0.2) is 6.61 Å². The van der Waals surface area contributed by atoms with Crippen LogP contribution in [-0.2, 0) is 11.3 Å². The molecule has 4 rings (SSSR count). The first-order chi connectivity index (χ1) is 16.1. The number of aryl methyl sites for hydroxylation is 1. The fraction of sp³-hybridized carbons (Fsp3) is 0.125. The number of rotatable bonds is 7.